The molecule has 0 unspecified atom stereocenters. The van der Waals surface area contributed by atoms with Crippen LogP contribution in [-0.4, -0.2) is 22.3 Å². The number of benzene rings is 1. The molecule has 70 valence electrons. The van der Waals surface area contributed by atoms with Gasteiger partial charge in [0.1, 0.15) is 5.75 Å². The summed E-state index contributed by atoms with van der Waals surface area (Å²) in [5, 5.41) is 27.5. The lowest BCUT2D eigenvalue weighted by molar-refractivity contribution is 0.425. The van der Waals surface area contributed by atoms with Crippen LogP contribution in [-0.2, 0) is 0 Å². The number of rotatable bonds is 1. The Morgan fingerprint density at radius 3 is 2.23 bits per heavy atom. The van der Waals surface area contributed by atoms with Crippen molar-refractivity contribution >= 4 is 24.2 Å². The number of hydrogen-bond donors (Lipinski definition) is 3. The maximum absolute atomic E-state index is 9.34. The quantitative estimate of drug-likeness (QED) is 0.573. The van der Waals surface area contributed by atoms with E-state index in [2.05, 4.69) is 0 Å². The van der Waals surface area contributed by atoms with Gasteiger partial charge in [0, 0.05) is 10.5 Å². The van der Waals surface area contributed by atoms with Gasteiger partial charge in [-0.2, -0.15) is 0 Å². The molecule has 1 aromatic rings. The lowest BCUT2D eigenvalue weighted by Gasteiger charge is -2.11. The second-order valence-electron chi connectivity index (χ2n) is 2.91. The molecule has 3 nitrogen and oxygen atoms in total. The van der Waals surface area contributed by atoms with Crippen LogP contribution in [0, 0.1) is 13.8 Å². The highest BCUT2D eigenvalue weighted by Crippen LogP contribution is 2.23. The summed E-state index contributed by atoms with van der Waals surface area (Å²) in [5.74, 6) is 0.0619. The van der Waals surface area contributed by atoms with Gasteiger partial charge in [-0.05, 0) is 31.0 Å². The predicted octanol–water partition coefficient (Wildman–Crippen LogP) is 0.342. The van der Waals surface area contributed by atoms with E-state index in [-0.39, 0.29) is 16.2 Å². The van der Waals surface area contributed by atoms with Gasteiger partial charge in [0.25, 0.3) is 0 Å². The fourth-order valence-corrected chi connectivity index (χ4v) is 1.54. The second kappa shape index (κ2) is 3.58. The molecule has 0 radical (unpaired) electrons. The monoisotopic (exact) mass is 200 g/mol. The van der Waals surface area contributed by atoms with Crippen LogP contribution in [0.1, 0.15) is 11.1 Å². The molecule has 0 spiro atoms. The fraction of sp³-hybridized carbons (Fsp3) is 0.250. The minimum atomic E-state index is -1.60. The van der Waals surface area contributed by atoms with Gasteiger partial charge in [-0.1, -0.05) is 11.6 Å². The number of aromatic hydroxyl groups is 1. The van der Waals surface area contributed by atoms with Crippen molar-refractivity contribution in [3.63, 3.8) is 0 Å². The van der Waals surface area contributed by atoms with Crippen molar-refractivity contribution in [3.8, 4) is 5.75 Å². The Bertz CT molecular complexity index is 339. The van der Waals surface area contributed by atoms with Gasteiger partial charge in [-0.15, -0.1) is 0 Å². The maximum Gasteiger partial charge on any atom is 0.490 e. The average molecular weight is 200 g/mol. The molecule has 0 saturated carbocycles. The topological polar surface area (TPSA) is 60.7 Å². The van der Waals surface area contributed by atoms with E-state index in [1.54, 1.807) is 13.8 Å². The Hall–Kier alpha value is -0.705. The van der Waals surface area contributed by atoms with Crippen LogP contribution in [0.15, 0.2) is 6.07 Å². The summed E-state index contributed by atoms with van der Waals surface area (Å²) in [6, 6.07) is 1.30. The highest BCUT2D eigenvalue weighted by Gasteiger charge is 2.20. The van der Waals surface area contributed by atoms with Crippen LogP contribution in [0.3, 0.4) is 0 Å². The number of phenolic OH excluding ortho intramolecular Hbond substituents is 1. The van der Waals surface area contributed by atoms with Crippen LogP contribution < -0.4 is 5.46 Å². The first-order valence-electron chi connectivity index (χ1n) is 3.80. The Balaban J connectivity index is 3.44. The molecule has 1 rings (SSSR count). The van der Waals surface area contributed by atoms with Gasteiger partial charge in [0.2, 0.25) is 0 Å². The Morgan fingerprint density at radius 2 is 1.77 bits per heavy atom. The summed E-state index contributed by atoms with van der Waals surface area (Å²) in [6.45, 7) is 3.36. The minimum Gasteiger partial charge on any atom is -0.508 e. The van der Waals surface area contributed by atoms with Gasteiger partial charge in [-0.3, -0.25) is 0 Å². The van der Waals surface area contributed by atoms with Gasteiger partial charge < -0.3 is 15.2 Å². The molecule has 1 aromatic carbocycles. The normalized spacial score (nSPS) is 10.2. The molecule has 0 bridgehead atoms. The average Bonchev–Trinajstić information content (AvgIpc) is 1.99. The molecule has 0 heterocycles. The summed E-state index contributed by atoms with van der Waals surface area (Å²) in [6.07, 6.45) is 0. The van der Waals surface area contributed by atoms with Crippen molar-refractivity contribution in [1.82, 2.24) is 0 Å². The number of hydrogen-bond acceptors (Lipinski definition) is 3. The molecule has 5 heteroatoms. The van der Waals surface area contributed by atoms with Gasteiger partial charge in [0.05, 0.1) is 0 Å². The van der Waals surface area contributed by atoms with E-state index in [4.69, 9.17) is 21.6 Å². The molecule has 13 heavy (non-hydrogen) atoms. The standard InChI is InChI=1S/C8H10BClO3/c1-4-5(2)8(9(12)13)6(10)3-7(4)11/h3,11-13H,1-2H3. The second-order valence-corrected chi connectivity index (χ2v) is 3.32. The van der Waals surface area contributed by atoms with Crippen molar-refractivity contribution in [3.05, 3.63) is 22.2 Å². The Labute approximate surface area is 81.7 Å². The Morgan fingerprint density at radius 1 is 1.23 bits per heavy atom. The van der Waals surface area contributed by atoms with Gasteiger partial charge >= 0.3 is 7.12 Å². The van der Waals surface area contributed by atoms with E-state index < -0.39 is 7.12 Å². The highest BCUT2D eigenvalue weighted by molar-refractivity contribution is 6.63. The van der Waals surface area contributed by atoms with Crippen molar-refractivity contribution in [1.29, 1.82) is 0 Å². The third-order valence-corrected chi connectivity index (χ3v) is 2.44. The maximum atomic E-state index is 9.34. The van der Waals surface area contributed by atoms with E-state index in [1.165, 1.54) is 6.07 Å². The zero-order chi connectivity index (χ0) is 10.2. The highest BCUT2D eigenvalue weighted by atomic mass is 35.5. The summed E-state index contributed by atoms with van der Waals surface area (Å²) in [4.78, 5) is 0. The molecule has 0 aliphatic rings. The lowest BCUT2D eigenvalue weighted by atomic mass is 9.76. The minimum absolute atomic E-state index is 0.0619. The van der Waals surface area contributed by atoms with Crippen molar-refractivity contribution in [2.75, 3.05) is 0 Å². The van der Waals surface area contributed by atoms with Crippen LogP contribution in [0.25, 0.3) is 0 Å². The molecule has 0 atom stereocenters. The smallest absolute Gasteiger partial charge is 0.490 e. The molecule has 0 fully saturated rings. The predicted molar refractivity (Wildman–Crippen MR) is 52.4 cm³/mol. The Kier molecular flexibility index (Phi) is 2.85. The van der Waals surface area contributed by atoms with Crippen LogP contribution in [0.4, 0.5) is 0 Å². The fourth-order valence-electron chi connectivity index (χ4n) is 1.20. The molecular formula is C8H10BClO3. The molecule has 0 aliphatic carbocycles. The SMILES string of the molecule is Cc1c(O)cc(Cl)c(B(O)O)c1C. The third kappa shape index (κ3) is 1.80. The molecule has 0 aliphatic heterocycles. The van der Waals surface area contributed by atoms with Crippen LogP contribution >= 0.6 is 11.6 Å². The van der Waals surface area contributed by atoms with E-state index >= 15 is 0 Å². The summed E-state index contributed by atoms with van der Waals surface area (Å²) < 4.78 is 0. The van der Waals surface area contributed by atoms with E-state index in [1.807, 2.05) is 0 Å². The first-order chi connectivity index (χ1) is 5.95. The first kappa shape index (κ1) is 10.4. The molecule has 0 amide bonds. The molecule has 0 aromatic heterocycles. The summed E-state index contributed by atoms with van der Waals surface area (Å²) in [7, 11) is -1.60. The molecular weight excluding hydrogens is 190 g/mol. The summed E-state index contributed by atoms with van der Waals surface area (Å²) >= 11 is 5.72. The van der Waals surface area contributed by atoms with Gasteiger partial charge in [-0.25, -0.2) is 0 Å². The molecule has 3 N–H and O–H groups in total. The van der Waals surface area contributed by atoms with Crippen molar-refractivity contribution in [2.24, 2.45) is 0 Å². The van der Waals surface area contributed by atoms with Gasteiger partial charge in [0.15, 0.2) is 0 Å². The van der Waals surface area contributed by atoms with E-state index in [0.29, 0.717) is 11.1 Å². The lowest BCUT2D eigenvalue weighted by Crippen LogP contribution is -2.33. The zero-order valence-electron chi connectivity index (χ0n) is 7.37. The third-order valence-electron chi connectivity index (χ3n) is 2.13. The largest absolute Gasteiger partial charge is 0.508 e. The van der Waals surface area contributed by atoms with Crippen molar-refractivity contribution < 1.29 is 15.2 Å². The number of halogens is 1. The number of phenols is 1. The van der Waals surface area contributed by atoms with Crippen LogP contribution in [0.5, 0.6) is 5.75 Å². The van der Waals surface area contributed by atoms with E-state index in [0.717, 1.165) is 0 Å². The van der Waals surface area contributed by atoms with E-state index in [9.17, 15) is 5.11 Å². The van der Waals surface area contributed by atoms with Crippen LogP contribution in [0.2, 0.25) is 5.02 Å². The zero-order valence-corrected chi connectivity index (χ0v) is 8.13. The van der Waals surface area contributed by atoms with Crippen molar-refractivity contribution in [2.45, 2.75) is 13.8 Å². The molecule has 0 saturated heterocycles. The summed E-state index contributed by atoms with van der Waals surface area (Å²) in [5.41, 5.74) is 1.45. The first-order valence-corrected chi connectivity index (χ1v) is 4.17.